The van der Waals surface area contributed by atoms with Crippen LogP contribution in [0.15, 0.2) is 60.8 Å². The molecule has 2 aromatic carbocycles. The summed E-state index contributed by atoms with van der Waals surface area (Å²) in [5.41, 5.74) is -0.732. The van der Waals surface area contributed by atoms with Gasteiger partial charge in [0.05, 0.1) is 11.1 Å². The fraction of sp³-hybridized carbons (Fsp3) is 0.100. The van der Waals surface area contributed by atoms with Gasteiger partial charge >= 0.3 is 6.18 Å². The number of anilines is 2. The zero-order chi connectivity index (χ0) is 21.0. The molecule has 29 heavy (non-hydrogen) atoms. The average Bonchev–Trinajstić information content (AvgIpc) is 2.67. The van der Waals surface area contributed by atoms with Crippen molar-refractivity contribution in [2.45, 2.75) is 12.7 Å². The number of nitrogens with one attached hydrogen (secondary N) is 2. The maximum absolute atomic E-state index is 13.8. The number of amides is 1. The summed E-state index contributed by atoms with van der Waals surface area (Å²) in [6.07, 6.45) is -3.15. The van der Waals surface area contributed by atoms with Gasteiger partial charge in [-0.1, -0.05) is 12.1 Å². The Balaban J connectivity index is 1.77. The summed E-state index contributed by atoms with van der Waals surface area (Å²) in [7, 11) is 0. The molecule has 0 aliphatic rings. The normalized spacial score (nSPS) is 11.2. The van der Waals surface area contributed by atoms with E-state index in [-0.39, 0.29) is 29.2 Å². The Kier molecular flexibility index (Phi) is 5.76. The third kappa shape index (κ3) is 5.07. The Labute approximate surface area is 162 Å². The first kappa shape index (κ1) is 20.2. The number of halogens is 5. The van der Waals surface area contributed by atoms with Gasteiger partial charge in [0.15, 0.2) is 0 Å². The molecule has 0 aliphatic heterocycles. The summed E-state index contributed by atoms with van der Waals surface area (Å²) in [4.78, 5) is 16.5. The molecule has 0 unspecified atom stereocenters. The van der Waals surface area contributed by atoms with E-state index < -0.39 is 29.3 Å². The van der Waals surface area contributed by atoms with Gasteiger partial charge < -0.3 is 10.6 Å². The van der Waals surface area contributed by atoms with Gasteiger partial charge in [0.2, 0.25) is 0 Å². The number of rotatable bonds is 5. The number of pyridine rings is 1. The monoisotopic (exact) mass is 407 g/mol. The molecule has 0 saturated carbocycles. The number of hydrogen-bond acceptors (Lipinski definition) is 3. The molecule has 1 aromatic heterocycles. The lowest BCUT2D eigenvalue weighted by Gasteiger charge is -2.13. The zero-order valence-electron chi connectivity index (χ0n) is 14.7. The van der Waals surface area contributed by atoms with Crippen molar-refractivity contribution in [3.63, 3.8) is 0 Å². The number of benzene rings is 2. The Morgan fingerprint density at radius 2 is 1.79 bits per heavy atom. The number of nitrogens with zero attached hydrogens (tertiary/aromatic N) is 1. The van der Waals surface area contributed by atoms with Crippen LogP contribution >= 0.6 is 0 Å². The van der Waals surface area contributed by atoms with Gasteiger partial charge in [0.1, 0.15) is 17.5 Å². The van der Waals surface area contributed by atoms with Crippen molar-refractivity contribution in [3.05, 3.63) is 89.1 Å². The minimum atomic E-state index is -4.54. The summed E-state index contributed by atoms with van der Waals surface area (Å²) < 4.78 is 65.2. The first-order valence-corrected chi connectivity index (χ1v) is 8.35. The molecule has 3 rings (SSSR count). The van der Waals surface area contributed by atoms with Gasteiger partial charge in [-0.05, 0) is 36.4 Å². The Bertz CT molecular complexity index is 1040. The van der Waals surface area contributed by atoms with Crippen LogP contribution in [0.5, 0.6) is 0 Å². The van der Waals surface area contributed by atoms with Crippen LogP contribution in [0.4, 0.5) is 33.5 Å². The van der Waals surface area contributed by atoms with E-state index >= 15 is 0 Å². The van der Waals surface area contributed by atoms with Crippen LogP contribution in [0.1, 0.15) is 21.5 Å². The van der Waals surface area contributed by atoms with Crippen LogP contribution in [-0.4, -0.2) is 10.9 Å². The van der Waals surface area contributed by atoms with E-state index in [4.69, 9.17) is 0 Å². The highest BCUT2D eigenvalue weighted by Gasteiger charge is 2.30. The predicted octanol–water partition coefficient (Wildman–Crippen LogP) is 5.24. The Morgan fingerprint density at radius 1 is 1.00 bits per heavy atom. The van der Waals surface area contributed by atoms with Crippen molar-refractivity contribution in [1.82, 2.24) is 4.98 Å². The topological polar surface area (TPSA) is 54.0 Å². The second kappa shape index (κ2) is 8.26. The summed E-state index contributed by atoms with van der Waals surface area (Å²) in [5, 5.41) is 5.16. The van der Waals surface area contributed by atoms with Gasteiger partial charge in [-0.25, -0.2) is 13.8 Å². The zero-order valence-corrected chi connectivity index (χ0v) is 14.7. The lowest BCUT2D eigenvalue weighted by Crippen LogP contribution is -2.16. The summed E-state index contributed by atoms with van der Waals surface area (Å²) in [5.74, 6) is -2.08. The van der Waals surface area contributed by atoms with E-state index in [1.807, 2.05) is 0 Å². The third-order valence-electron chi connectivity index (χ3n) is 3.96. The second-order valence-electron chi connectivity index (χ2n) is 6.02. The van der Waals surface area contributed by atoms with Gasteiger partial charge in [-0.15, -0.1) is 0 Å². The van der Waals surface area contributed by atoms with Crippen LogP contribution in [0, 0.1) is 11.6 Å². The molecule has 2 N–H and O–H groups in total. The highest BCUT2D eigenvalue weighted by molar-refractivity contribution is 6.07. The minimum absolute atomic E-state index is 0.0378. The number of aromatic nitrogens is 1. The van der Waals surface area contributed by atoms with Crippen molar-refractivity contribution in [2.24, 2.45) is 0 Å². The summed E-state index contributed by atoms with van der Waals surface area (Å²) >= 11 is 0. The van der Waals surface area contributed by atoms with Gasteiger partial charge in [-0.2, -0.15) is 13.2 Å². The molecule has 9 heteroatoms. The quantitative estimate of drug-likeness (QED) is 0.569. The van der Waals surface area contributed by atoms with Crippen LogP contribution in [-0.2, 0) is 12.7 Å². The van der Waals surface area contributed by atoms with Crippen molar-refractivity contribution < 1.29 is 26.7 Å². The number of carbonyl (C=O) groups is 1. The molecular weight excluding hydrogens is 393 g/mol. The van der Waals surface area contributed by atoms with E-state index in [1.54, 1.807) is 0 Å². The third-order valence-corrected chi connectivity index (χ3v) is 3.96. The smallest absolute Gasteiger partial charge is 0.365 e. The highest BCUT2D eigenvalue weighted by Crippen LogP contribution is 2.30. The Morgan fingerprint density at radius 3 is 2.52 bits per heavy atom. The standard InChI is InChI=1S/C20H14F5N3O/c21-14-7-6-12(17(22)10-14)11-27-18-16(5-2-8-26-18)19(29)28-15-4-1-3-13(9-15)20(23,24)25/h1-10H,11H2,(H,26,27)(H,28,29). The van der Waals surface area contributed by atoms with Crippen molar-refractivity contribution in [2.75, 3.05) is 10.6 Å². The van der Waals surface area contributed by atoms with E-state index in [2.05, 4.69) is 15.6 Å². The van der Waals surface area contributed by atoms with E-state index in [0.29, 0.717) is 0 Å². The van der Waals surface area contributed by atoms with Gasteiger partial charge in [-0.3, -0.25) is 4.79 Å². The molecule has 3 aromatic rings. The molecule has 4 nitrogen and oxygen atoms in total. The predicted molar refractivity (Wildman–Crippen MR) is 97.3 cm³/mol. The summed E-state index contributed by atoms with van der Waals surface area (Å²) in [6, 6.07) is 10.2. The first-order valence-electron chi connectivity index (χ1n) is 8.35. The largest absolute Gasteiger partial charge is 0.416 e. The molecule has 0 radical (unpaired) electrons. The molecule has 0 saturated heterocycles. The fourth-order valence-corrected chi connectivity index (χ4v) is 2.55. The van der Waals surface area contributed by atoms with E-state index in [0.717, 1.165) is 24.3 Å². The van der Waals surface area contributed by atoms with Crippen LogP contribution < -0.4 is 10.6 Å². The lowest BCUT2D eigenvalue weighted by atomic mass is 10.1. The molecule has 0 atom stereocenters. The fourth-order valence-electron chi connectivity index (χ4n) is 2.55. The molecule has 0 fully saturated rings. The SMILES string of the molecule is O=C(Nc1cccc(C(F)(F)F)c1)c1cccnc1NCc1ccc(F)cc1F. The van der Waals surface area contributed by atoms with E-state index in [9.17, 15) is 26.7 Å². The Hall–Kier alpha value is -3.49. The van der Waals surface area contributed by atoms with Crippen molar-refractivity contribution in [1.29, 1.82) is 0 Å². The van der Waals surface area contributed by atoms with Crippen molar-refractivity contribution in [3.8, 4) is 0 Å². The number of carbonyl (C=O) groups excluding carboxylic acids is 1. The molecular formula is C20H14F5N3O. The van der Waals surface area contributed by atoms with Gasteiger partial charge in [0.25, 0.3) is 5.91 Å². The lowest BCUT2D eigenvalue weighted by molar-refractivity contribution is -0.137. The number of alkyl halides is 3. The van der Waals surface area contributed by atoms with Crippen LogP contribution in [0.3, 0.4) is 0 Å². The van der Waals surface area contributed by atoms with Crippen LogP contribution in [0.25, 0.3) is 0 Å². The first-order chi connectivity index (χ1) is 13.7. The maximum atomic E-state index is 13.8. The molecule has 0 bridgehead atoms. The molecule has 150 valence electrons. The van der Waals surface area contributed by atoms with E-state index in [1.165, 1.54) is 36.5 Å². The average molecular weight is 407 g/mol. The van der Waals surface area contributed by atoms with Gasteiger partial charge in [0, 0.05) is 30.1 Å². The minimum Gasteiger partial charge on any atom is -0.365 e. The second-order valence-corrected chi connectivity index (χ2v) is 6.02. The number of hydrogen-bond donors (Lipinski definition) is 2. The molecule has 0 spiro atoms. The molecule has 0 aliphatic carbocycles. The summed E-state index contributed by atoms with van der Waals surface area (Å²) in [6.45, 7) is -0.0764. The highest BCUT2D eigenvalue weighted by atomic mass is 19.4. The maximum Gasteiger partial charge on any atom is 0.416 e. The molecule has 1 heterocycles. The van der Waals surface area contributed by atoms with Crippen LogP contribution in [0.2, 0.25) is 0 Å². The van der Waals surface area contributed by atoms with Crippen molar-refractivity contribution >= 4 is 17.4 Å². The molecule has 1 amide bonds.